The molecular weight excluding hydrogens is 278 g/mol. The first kappa shape index (κ1) is 16.5. The molecule has 1 rings (SSSR count). The van der Waals surface area contributed by atoms with Gasteiger partial charge in [0.05, 0.1) is 5.75 Å². The fourth-order valence-electron chi connectivity index (χ4n) is 1.59. The maximum atomic E-state index is 11.7. The smallest absolute Gasteiger partial charge is 0.421 e. The van der Waals surface area contributed by atoms with Crippen LogP contribution in [0.2, 0.25) is 0 Å². The summed E-state index contributed by atoms with van der Waals surface area (Å²) in [6.07, 6.45) is 0.162. The van der Waals surface area contributed by atoms with Crippen LogP contribution in [0.1, 0.15) is 32.8 Å². The van der Waals surface area contributed by atoms with Gasteiger partial charge in [0, 0.05) is 0 Å². The van der Waals surface area contributed by atoms with Gasteiger partial charge in [-0.1, -0.05) is 30.3 Å². The predicted molar refractivity (Wildman–Crippen MR) is 77.9 cm³/mol. The number of amides is 1. The van der Waals surface area contributed by atoms with E-state index in [4.69, 9.17) is 4.74 Å². The molecule has 5 nitrogen and oxygen atoms in total. The molecule has 1 aromatic rings. The van der Waals surface area contributed by atoms with E-state index in [2.05, 4.69) is 0 Å². The van der Waals surface area contributed by atoms with Gasteiger partial charge in [-0.05, 0) is 39.2 Å². The molecule has 0 aliphatic rings. The van der Waals surface area contributed by atoms with Crippen LogP contribution in [0.25, 0.3) is 0 Å². The summed E-state index contributed by atoms with van der Waals surface area (Å²) < 4.78 is 30.2. The molecule has 0 aromatic heterocycles. The molecule has 0 saturated heterocycles. The molecule has 0 aliphatic heterocycles. The minimum atomic E-state index is -3.65. The van der Waals surface area contributed by atoms with Crippen molar-refractivity contribution in [3.63, 3.8) is 0 Å². The second-order valence-electron chi connectivity index (χ2n) is 5.51. The van der Waals surface area contributed by atoms with Gasteiger partial charge in [-0.3, -0.25) is 0 Å². The number of ether oxygens (including phenoxy) is 1. The van der Waals surface area contributed by atoms with Gasteiger partial charge in [-0.15, -0.1) is 0 Å². The van der Waals surface area contributed by atoms with Crippen molar-refractivity contribution < 1.29 is 17.9 Å². The van der Waals surface area contributed by atoms with Crippen molar-refractivity contribution in [2.24, 2.45) is 0 Å². The van der Waals surface area contributed by atoms with Gasteiger partial charge in [-0.2, -0.15) is 0 Å². The Morgan fingerprint density at radius 1 is 1.20 bits per heavy atom. The monoisotopic (exact) mass is 299 g/mol. The van der Waals surface area contributed by atoms with Crippen LogP contribution in [0, 0.1) is 0 Å². The van der Waals surface area contributed by atoms with Gasteiger partial charge >= 0.3 is 6.09 Å². The summed E-state index contributed by atoms with van der Waals surface area (Å²) in [7, 11) is -3.65. The van der Waals surface area contributed by atoms with Gasteiger partial charge in [-0.25, -0.2) is 17.9 Å². The summed E-state index contributed by atoms with van der Waals surface area (Å²) >= 11 is 0. The van der Waals surface area contributed by atoms with Crippen molar-refractivity contribution >= 4 is 16.1 Å². The van der Waals surface area contributed by atoms with E-state index in [0.29, 0.717) is 12.8 Å². The molecular formula is C14H21NO4S. The summed E-state index contributed by atoms with van der Waals surface area (Å²) in [6.45, 7) is 5.03. The summed E-state index contributed by atoms with van der Waals surface area (Å²) in [5.74, 6) is -0.110. The molecule has 112 valence electrons. The molecule has 0 atom stereocenters. The van der Waals surface area contributed by atoms with Crippen molar-refractivity contribution in [1.82, 2.24) is 4.72 Å². The summed E-state index contributed by atoms with van der Waals surface area (Å²) in [4.78, 5) is 11.4. The lowest BCUT2D eigenvalue weighted by Crippen LogP contribution is -2.37. The third kappa shape index (κ3) is 7.13. The molecule has 1 aromatic carbocycles. The standard InChI is InChI=1S/C14H21NO4S/c1-14(2,3)19-13(16)15-20(17,18)11-7-10-12-8-5-4-6-9-12/h4-6,8-9H,7,10-11H2,1-3H3,(H,15,16). The lowest BCUT2D eigenvalue weighted by molar-refractivity contribution is 0.0570. The average molecular weight is 299 g/mol. The fraction of sp³-hybridized carbons (Fsp3) is 0.500. The van der Waals surface area contributed by atoms with Gasteiger partial charge in [0.2, 0.25) is 10.0 Å². The Morgan fingerprint density at radius 3 is 2.35 bits per heavy atom. The molecule has 1 N–H and O–H groups in total. The first-order chi connectivity index (χ1) is 9.18. The topological polar surface area (TPSA) is 72.5 Å². The quantitative estimate of drug-likeness (QED) is 0.906. The average Bonchev–Trinajstić information content (AvgIpc) is 2.26. The Hall–Kier alpha value is -1.56. The zero-order valence-electron chi connectivity index (χ0n) is 12.0. The summed E-state index contributed by atoms with van der Waals surface area (Å²) in [6, 6.07) is 9.59. The van der Waals surface area contributed by atoms with Gasteiger partial charge in [0.25, 0.3) is 0 Å². The highest BCUT2D eigenvalue weighted by molar-refractivity contribution is 7.90. The number of benzene rings is 1. The summed E-state index contributed by atoms with van der Waals surface area (Å²) in [5.41, 5.74) is 0.351. The van der Waals surface area contributed by atoms with E-state index in [-0.39, 0.29) is 5.75 Å². The number of carbonyl (C=O) groups excluding carboxylic acids is 1. The Balaban J connectivity index is 2.40. The van der Waals surface area contributed by atoms with E-state index in [1.54, 1.807) is 20.8 Å². The highest BCUT2D eigenvalue weighted by atomic mass is 32.2. The lowest BCUT2D eigenvalue weighted by atomic mass is 10.1. The van der Waals surface area contributed by atoms with Crippen LogP contribution in [-0.4, -0.2) is 25.9 Å². The van der Waals surface area contributed by atoms with E-state index in [1.807, 2.05) is 35.1 Å². The van der Waals surface area contributed by atoms with Crippen LogP contribution >= 0.6 is 0 Å². The van der Waals surface area contributed by atoms with Crippen molar-refractivity contribution in [1.29, 1.82) is 0 Å². The molecule has 0 fully saturated rings. The van der Waals surface area contributed by atoms with E-state index < -0.39 is 21.7 Å². The van der Waals surface area contributed by atoms with Gasteiger partial charge < -0.3 is 4.74 Å². The maximum Gasteiger partial charge on any atom is 0.421 e. The molecule has 0 heterocycles. The highest BCUT2D eigenvalue weighted by Gasteiger charge is 2.20. The highest BCUT2D eigenvalue weighted by Crippen LogP contribution is 2.08. The van der Waals surface area contributed by atoms with E-state index >= 15 is 0 Å². The SMILES string of the molecule is CC(C)(C)OC(=O)NS(=O)(=O)CCCc1ccccc1. The van der Waals surface area contributed by atoms with Crippen LogP contribution in [-0.2, 0) is 21.2 Å². The number of hydrogen-bond donors (Lipinski definition) is 1. The zero-order valence-corrected chi connectivity index (χ0v) is 12.9. The number of sulfonamides is 1. The first-order valence-corrected chi connectivity index (χ1v) is 8.11. The van der Waals surface area contributed by atoms with Gasteiger partial charge in [0.15, 0.2) is 0 Å². The number of rotatable bonds is 5. The third-order valence-electron chi connectivity index (χ3n) is 2.36. The third-order valence-corrected chi connectivity index (χ3v) is 3.66. The minimum Gasteiger partial charge on any atom is -0.443 e. The Bertz CT molecular complexity index is 532. The van der Waals surface area contributed by atoms with Crippen LogP contribution in [0.4, 0.5) is 4.79 Å². The number of aryl methyl sites for hydroxylation is 1. The van der Waals surface area contributed by atoms with Gasteiger partial charge in [0.1, 0.15) is 5.60 Å². The minimum absolute atomic E-state index is 0.110. The molecule has 0 saturated carbocycles. The lowest BCUT2D eigenvalue weighted by Gasteiger charge is -2.19. The largest absolute Gasteiger partial charge is 0.443 e. The first-order valence-electron chi connectivity index (χ1n) is 6.45. The number of nitrogens with one attached hydrogen (secondary N) is 1. The molecule has 0 unspecified atom stereocenters. The fourth-order valence-corrected chi connectivity index (χ4v) is 2.51. The maximum absolute atomic E-state index is 11.7. The van der Waals surface area contributed by atoms with Crippen LogP contribution in [0.15, 0.2) is 30.3 Å². The second-order valence-corrected chi connectivity index (χ2v) is 7.35. The molecule has 20 heavy (non-hydrogen) atoms. The summed E-state index contributed by atoms with van der Waals surface area (Å²) in [5, 5.41) is 0. The molecule has 6 heteroatoms. The second kappa shape index (κ2) is 6.74. The molecule has 0 spiro atoms. The van der Waals surface area contributed by atoms with Crippen molar-refractivity contribution in [3.05, 3.63) is 35.9 Å². The van der Waals surface area contributed by atoms with Crippen molar-refractivity contribution in [2.75, 3.05) is 5.75 Å². The molecule has 1 amide bonds. The van der Waals surface area contributed by atoms with Crippen LogP contribution in [0.5, 0.6) is 0 Å². The van der Waals surface area contributed by atoms with E-state index in [9.17, 15) is 13.2 Å². The Kier molecular flexibility index (Phi) is 5.56. The molecule has 0 aliphatic carbocycles. The van der Waals surface area contributed by atoms with Crippen molar-refractivity contribution in [3.8, 4) is 0 Å². The predicted octanol–water partition coefficient (Wildman–Crippen LogP) is 2.47. The zero-order chi connectivity index (χ0) is 15.2. The molecule has 0 radical (unpaired) electrons. The number of hydrogen-bond acceptors (Lipinski definition) is 4. The number of carbonyl (C=O) groups is 1. The Morgan fingerprint density at radius 2 is 1.80 bits per heavy atom. The Labute approximate surface area is 120 Å². The normalized spacial score (nSPS) is 11.9. The molecule has 0 bridgehead atoms. The van der Waals surface area contributed by atoms with E-state index in [0.717, 1.165) is 5.56 Å². The van der Waals surface area contributed by atoms with Crippen molar-refractivity contribution in [2.45, 2.75) is 39.2 Å². The van der Waals surface area contributed by atoms with Crippen LogP contribution < -0.4 is 4.72 Å². The van der Waals surface area contributed by atoms with E-state index in [1.165, 1.54) is 0 Å². The van der Waals surface area contributed by atoms with Crippen LogP contribution in [0.3, 0.4) is 0 Å².